The molecule has 0 bridgehead atoms. The van der Waals surface area contributed by atoms with Crippen molar-refractivity contribution in [3.8, 4) is 0 Å². The van der Waals surface area contributed by atoms with E-state index < -0.39 is 0 Å². The molecule has 1 N–H and O–H groups in total. The van der Waals surface area contributed by atoms with Crippen LogP contribution in [0.2, 0.25) is 0 Å². The zero-order valence-electron chi connectivity index (χ0n) is 8.46. The van der Waals surface area contributed by atoms with Crippen LogP contribution in [-0.4, -0.2) is 11.2 Å². The van der Waals surface area contributed by atoms with Gasteiger partial charge in [-0.05, 0) is 30.6 Å². The van der Waals surface area contributed by atoms with E-state index in [9.17, 15) is 5.11 Å². The van der Waals surface area contributed by atoms with E-state index in [-0.39, 0.29) is 11.5 Å². The van der Waals surface area contributed by atoms with Crippen LogP contribution in [0.1, 0.15) is 33.1 Å². The monoisotopic (exact) mass is 178 g/mol. The van der Waals surface area contributed by atoms with Crippen molar-refractivity contribution in [3.63, 3.8) is 0 Å². The molecule has 1 saturated carbocycles. The van der Waals surface area contributed by atoms with E-state index >= 15 is 0 Å². The first-order valence-electron chi connectivity index (χ1n) is 5.17. The molecule has 1 fully saturated rings. The molecule has 0 radical (unpaired) electrons. The number of allylic oxidation sites excluding steroid dienone is 4. The van der Waals surface area contributed by atoms with Gasteiger partial charge in [-0.25, -0.2) is 0 Å². The maximum Gasteiger partial charge on any atom is 0.0554 e. The summed E-state index contributed by atoms with van der Waals surface area (Å²) in [6.45, 7) is 4.51. The standard InChI is InChI=1S/C12H18O/c1-9-7-10(13)8-12(2)6-4-3-5-11(9)12/h3-5,9-10,13H,6-8H2,1-2H3/t9-,10+,12+/m0/s1. The van der Waals surface area contributed by atoms with E-state index in [4.69, 9.17) is 0 Å². The lowest BCUT2D eigenvalue weighted by atomic mass is 9.63. The Morgan fingerprint density at radius 3 is 3.08 bits per heavy atom. The Kier molecular flexibility index (Phi) is 2.07. The zero-order valence-corrected chi connectivity index (χ0v) is 8.46. The van der Waals surface area contributed by atoms with Gasteiger partial charge in [0.1, 0.15) is 0 Å². The Morgan fingerprint density at radius 2 is 2.31 bits per heavy atom. The van der Waals surface area contributed by atoms with Crippen molar-refractivity contribution in [2.45, 2.75) is 39.2 Å². The lowest BCUT2D eigenvalue weighted by molar-refractivity contribution is 0.0699. The highest BCUT2D eigenvalue weighted by atomic mass is 16.3. The van der Waals surface area contributed by atoms with Crippen LogP contribution in [0.25, 0.3) is 0 Å². The minimum Gasteiger partial charge on any atom is -0.393 e. The summed E-state index contributed by atoms with van der Waals surface area (Å²) >= 11 is 0. The van der Waals surface area contributed by atoms with Crippen molar-refractivity contribution < 1.29 is 5.11 Å². The molecule has 72 valence electrons. The first kappa shape index (κ1) is 9.01. The third-order valence-electron chi connectivity index (χ3n) is 3.52. The van der Waals surface area contributed by atoms with Crippen LogP contribution < -0.4 is 0 Å². The lowest BCUT2D eigenvalue weighted by Crippen LogP contribution is -2.36. The molecule has 0 aromatic heterocycles. The molecule has 3 atom stereocenters. The molecular weight excluding hydrogens is 160 g/mol. The molecule has 2 aliphatic carbocycles. The van der Waals surface area contributed by atoms with Crippen LogP contribution >= 0.6 is 0 Å². The summed E-state index contributed by atoms with van der Waals surface area (Å²) in [7, 11) is 0. The SMILES string of the molecule is C[C@H]1C[C@@H](O)C[C@@]2(C)CC=CC=C12. The molecule has 0 heterocycles. The van der Waals surface area contributed by atoms with Gasteiger partial charge in [-0.3, -0.25) is 0 Å². The van der Waals surface area contributed by atoms with Crippen molar-refractivity contribution in [3.05, 3.63) is 23.8 Å². The minimum absolute atomic E-state index is 0.0938. The molecule has 13 heavy (non-hydrogen) atoms. The molecule has 0 aliphatic heterocycles. The quantitative estimate of drug-likeness (QED) is 0.604. The van der Waals surface area contributed by atoms with Crippen LogP contribution in [0.5, 0.6) is 0 Å². The molecule has 0 amide bonds. The first-order valence-corrected chi connectivity index (χ1v) is 5.17. The Morgan fingerprint density at radius 1 is 1.54 bits per heavy atom. The number of hydrogen-bond donors (Lipinski definition) is 1. The van der Waals surface area contributed by atoms with E-state index in [1.54, 1.807) is 5.57 Å². The van der Waals surface area contributed by atoms with Crippen LogP contribution in [0, 0.1) is 11.3 Å². The Hall–Kier alpha value is -0.560. The molecule has 2 aliphatic rings. The largest absolute Gasteiger partial charge is 0.393 e. The minimum atomic E-state index is -0.0938. The topological polar surface area (TPSA) is 20.2 Å². The van der Waals surface area contributed by atoms with Gasteiger partial charge in [0.05, 0.1) is 6.10 Å². The summed E-state index contributed by atoms with van der Waals surface area (Å²) in [6, 6.07) is 0. The van der Waals surface area contributed by atoms with Gasteiger partial charge in [-0.1, -0.05) is 37.6 Å². The molecular formula is C12H18O. The molecule has 1 nitrogen and oxygen atoms in total. The number of rotatable bonds is 0. The molecule has 0 aromatic carbocycles. The van der Waals surface area contributed by atoms with E-state index in [1.165, 1.54) is 0 Å². The maximum atomic E-state index is 9.73. The summed E-state index contributed by atoms with van der Waals surface area (Å²) in [5, 5.41) is 9.73. The average Bonchev–Trinajstić information content (AvgIpc) is 2.01. The first-order chi connectivity index (χ1) is 6.12. The summed E-state index contributed by atoms with van der Waals surface area (Å²) in [5.41, 5.74) is 1.78. The second-order valence-electron chi connectivity index (χ2n) is 4.81. The summed E-state index contributed by atoms with van der Waals surface area (Å²) in [5.74, 6) is 0.554. The Balaban J connectivity index is 2.31. The van der Waals surface area contributed by atoms with Gasteiger partial charge < -0.3 is 5.11 Å². The average molecular weight is 178 g/mol. The second-order valence-corrected chi connectivity index (χ2v) is 4.81. The van der Waals surface area contributed by atoms with Crippen LogP contribution in [-0.2, 0) is 0 Å². The Bertz CT molecular complexity index is 264. The van der Waals surface area contributed by atoms with Crippen molar-refractivity contribution in [2.24, 2.45) is 11.3 Å². The number of fused-ring (bicyclic) bond motifs is 1. The zero-order chi connectivity index (χ0) is 9.47. The van der Waals surface area contributed by atoms with Crippen LogP contribution in [0.3, 0.4) is 0 Å². The van der Waals surface area contributed by atoms with Crippen molar-refractivity contribution in [1.29, 1.82) is 0 Å². The predicted octanol–water partition coefficient (Wildman–Crippen LogP) is 2.67. The summed E-state index contributed by atoms with van der Waals surface area (Å²) < 4.78 is 0. The van der Waals surface area contributed by atoms with Gasteiger partial charge in [0.2, 0.25) is 0 Å². The Labute approximate surface area is 80.2 Å². The van der Waals surface area contributed by atoms with Crippen LogP contribution in [0.15, 0.2) is 23.8 Å². The highest BCUT2D eigenvalue weighted by molar-refractivity contribution is 5.29. The highest BCUT2D eigenvalue weighted by Gasteiger charge is 2.38. The lowest BCUT2D eigenvalue weighted by Gasteiger charge is -2.43. The summed E-state index contributed by atoms with van der Waals surface area (Å²) in [6.07, 6.45) is 9.51. The molecule has 0 aromatic rings. The van der Waals surface area contributed by atoms with Gasteiger partial charge in [0.15, 0.2) is 0 Å². The maximum absolute atomic E-state index is 9.73. The molecule has 0 saturated heterocycles. The van der Waals surface area contributed by atoms with E-state index in [0.717, 1.165) is 19.3 Å². The van der Waals surface area contributed by atoms with Crippen molar-refractivity contribution in [2.75, 3.05) is 0 Å². The summed E-state index contributed by atoms with van der Waals surface area (Å²) in [4.78, 5) is 0. The van der Waals surface area contributed by atoms with Crippen LogP contribution in [0.4, 0.5) is 0 Å². The fourth-order valence-corrected chi connectivity index (χ4v) is 2.92. The van der Waals surface area contributed by atoms with E-state index in [1.807, 2.05) is 0 Å². The van der Waals surface area contributed by atoms with Gasteiger partial charge in [-0.15, -0.1) is 0 Å². The third-order valence-corrected chi connectivity index (χ3v) is 3.52. The van der Waals surface area contributed by atoms with Crippen molar-refractivity contribution >= 4 is 0 Å². The second kappa shape index (κ2) is 2.98. The molecule has 0 spiro atoms. The number of aliphatic hydroxyl groups is 1. The van der Waals surface area contributed by atoms with Gasteiger partial charge in [0.25, 0.3) is 0 Å². The smallest absolute Gasteiger partial charge is 0.0554 e. The number of aliphatic hydroxyl groups excluding tert-OH is 1. The van der Waals surface area contributed by atoms with Gasteiger partial charge in [0, 0.05) is 0 Å². The van der Waals surface area contributed by atoms with E-state index in [2.05, 4.69) is 32.1 Å². The molecule has 1 heteroatoms. The molecule has 2 rings (SSSR count). The fraction of sp³-hybridized carbons (Fsp3) is 0.667. The normalized spacial score (nSPS) is 44.1. The van der Waals surface area contributed by atoms with Gasteiger partial charge >= 0.3 is 0 Å². The van der Waals surface area contributed by atoms with Gasteiger partial charge in [-0.2, -0.15) is 0 Å². The number of hydrogen-bond acceptors (Lipinski definition) is 1. The predicted molar refractivity (Wildman–Crippen MR) is 54.4 cm³/mol. The van der Waals surface area contributed by atoms with Crippen molar-refractivity contribution in [1.82, 2.24) is 0 Å². The van der Waals surface area contributed by atoms with E-state index in [0.29, 0.717) is 5.92 Å². The highest BCUT2D eigenvalue weighted by Crippen LogP contribution is 2.47. The fourth-order valence-electron chi connectivity index (χ4n) is 2.92. The molecule has 0 unspecified atom stereocenters. The third kappa shape index (κ3) is 1.46.